The second-order valence-corrected chi connectivity index (χ2v) is 5.71. The molecule has 0 aromatic heterocycles. The fourth-order valence-corrected chi connectivity index (χ4v) is 2.63. The smallest absolute Gasteiger partial charge is 0.222 e. The van der Waals surface area contributed by atoms with Crippen LogP contribution in [-0.2, 0) is 17.8 Å². The van der Waals surface area contributed by atoms with Crippen molar-refractivity contribution < 1.29 is 14.3 Å². The van der Waals surface area contributed by atoms with Gasteiger partial charge in [-0.15, -0.1) is 0 Å². The number of hydrogen-bond donors (Lipinski definition) is 0. The third-order valence-electron chi connectivity index (χ3n) is 3.92. The molecule has 23 heavy (non-hydrogen) atoms. The number of fused-ring (bicyclic) bond motifs is 1. The fourth-order valence-electron chi connectivity index (χ4n) is 2.63. The van der Waals surface area contributed by atoms with Crippen LogP contribution >= 0.6 is 0 Å². The lowest BCUT2D eigenvalue weighted by molar-refractivity contribution is -0.130. The Hall–Kier alpha value is -2.49. The summed E-state index contributed by atoms with van der Waals surface area (Å²) in [6.07, 6.45) is 1.29. The molecule has 0 fully saturated rings. The zero-order valence-corrected chi connectivity index (χ0v) is 13.3. The van der Waals surface area contributed by atoms with E-state index in [0.29, 0.717) is 26.2 Å². The molecule has 120 valence electrons. The van der Waals surface area contributed by atoms with Gasteiger partial charge in [0.05, 0.1) is 0 Å². The summed E-state index contributed by atoms with van der Waals surface area (Å²) in [6.45, 7) is 1.73. The summed E-state index contributed by atoms with van der Waals surface area (Å²) < 4.78 is 11.1. The number of hydrogen-bond acceptors (Lipinski definition) is 3. The number of carbonyl (C=O) groups excluding carboxylic acids is 1. The van der Waals surface area contributed by atoms with E-state index in [2.05, 4.69) is 0 Å². The highest BCUT2D eigenvalue weighted by atomic mass is 16.6. The van der Waals surface area contributed by atoms with E-state index in [1.54, 1.807) is 4.90 Å². The average Bonchev–Trinajstić information content (AvgIpc) is 2.60. The van der Waals surface area contributed by atoms with Crippen molar-refractivity contribution in [2.75, 3.05) is 20.3 Å². The van der Waals surface area contributed by atoms with E-state index < -0.39 is 0 Å². The Morgan fingerprint density at radius 3 is 2.52 bits per heavy atom. The molecule has 0 saturated carbocycles. The summed E-state index contributed by atoms with van der Waals surface area (Å²) in [5.74, 6) is 1.68. The van der Waals surface area contributed by atoms with Crippen molar-refractivity contribution in [1.29, 1.82) is 0 Å². The quantitative estimate of drug-likeness (QED) is 0.852. The zero-order valence-electron chi connectivity index (χ0n) is 13.3. The highest BCUT2D eigenvalue weighted by Crippen LogP contribution is 2.31. The lowest BCUT2D eigenvalue weighted by Gasteiger charge is -2.21. The molecule has 0 atom stereocenters. The van der Waals surface area contributed by atoms with Crippen molar-refractivity contribution in [3.8, 4) is 11.5 Å². The topological polar surface area (TPSA) is 38.8 Å². The molecule has 4 nitrogen and oxygen atoms in total. The molecule has 0 N–H and O–H groups in total. The Morgan fingerprint density at radius 2 is 1.74 bits per heavy atom. The van der Waals surface area contributed by atoms with Crippen molar-refractivity contribution in [3.63, 3.8) is 0 Å². The van der Waals surface area contributed by atoms with Gasteiger partial charge in [-0.25, -0.2) is 0 Å². The van der Waals surface area contributed by atoms with Crippen LogP contribution in [0.25, 0.3) is 0 Å². The Bertz CT molecular complexity index is 670. The summed E-state index contributed by atoms with van der Waals surface area (Å²) >= 11 is 0. The van der Waals surface area contributed by atoms with Gasteiger partial charge < -0.3 is 14.4 Å². The van der Waals surface area contributed by atoms with Crippen molar-refractivity contribution in [1.82, 2.24) is 4.90 Å². The zero-order chi connectivity index (χ0) is 16.1. The Labute approximate surface area is 136 Å². The van der Waals surface area contributed by atoms with Gasteiger partial charge in [0, 0.05) is 20.0 Å². The van der Waals surface area contributed by atoms with Crippen molar-refractivity contribution in [2.45, 2.75) is 19.4 Å². The molecule has 0 bridgehead atoms. The average molecular weight is 311 g/mol. The van der Waals surface area contributed by atoms with E-state index in [1.807, 2.05) is 55.6 Å². The van der Waals surface area contributed by atoms with Gasteiger partial charge in [0.1, 0.15) is 13.2 Å². The van der Waals surface area contributed by atoms with Gasteiger partial charge in [0.2, 0.25) is 5.91 Å². The molecule has 0 unspecified atom stereocenters. The van der Waals surface area contributed by atoms with Crippen molar-refractivity contribution >= 4 is 5.91 Å². The highest BCUT2D eigenvalue weighted by molar-refractivity contribution is 5.76. The molecule has 2 aromatic rings. The fraction of sp³-hybridized carbons (Fsp3) is 0.316. The van der Waals surface area contributed by atoms with Crippen LogP contribution in [0.3, 0.4) is 0 Å². The Kier molecular flexibility index (Phi) is 4.81. The van der Waals surface area contributed by atoms with Crippen LogP contribution in [0.15, 0.2) is 48.5 Å². The first-order valence-corrected chi connectivity index (χ1v) is 7.89. The molecule has 1 amide bonds. The molecule has 2 aromatic carbocycles. The normalized spacial score (nSPS) is 12.7. The van der Waals surface area contributed by atoms with Crippen LogP contribution in [0.5, 0.6) is 11.5 Å². The van der Waals surface area contributed by atoms with E-state index in [4.69, 9.17) is 9.47 Å². The van der Waals surface area contributed by atoms with E-state index in [-0.39, 0.29) is 5.91 Å². The first-order valence-electron chi connectivity index (χ1n) is 7.89. The number of amides is 1. The van der Waals surface area contributed by atoms with Crippen molar-refractivity contribution in [3.05, 3.63) is 59.7 Å². The minimum Gasteiger partial charge on any atom is -0.486 e. The molecule has 0 saturated heterocycles. The van der Waals surface area contributed by atoms with Gasteiger partial charge in [0.15, 0.2) is 11.5 Å². The molecule has 0 radical (unpaired) electrons. The van der Waals surface area contributed by atoms with Crippen molar-refractivity contribution in [2.24, 2.45) is 0 Å². The number of rotatable bonds is 5. The van der Waals surface area contributed by atoms with Crippen LogP contribution in [-0.4, -0.2) is 31.1 Å². The number of carbonyl (C=O) groups is 1. The van der Waals surface area contributed by atoms with Gasteiger partial charge >= 0.3 is 0 Å². The Morgan fingerprint density at radius 1 is 1.00 bits per heavy atom. The largest absolute Gasteiger partial charge is 0.486 e. The summed E-state index contributed by atoms with van der Waals surface area (Å²) in [5.41, 5.74) is 2.23. The lowest BCUT2D eigenvalue weighted by Crippen LogP contribution is -2.26. The second kappa shape index (κ2) is 7.18. The summed E-state index contributed by atoms with van der Waals surface area (Å²) in [5, 5.41) is 0. The van der Waals surface area contributed by atoms with E-state index >= 15 is 0 Å². The molecule has 3 rings (SSSR count). The van der Waals surface area contributed by atoms with Crippen LogP contribution in [0.4, 0.5) is 0 Å². The first kappa shape index (κ1) is 15.4. The molecule has 0 aliphatic carbocycles. The van der Waals surface area contributed by atoms with Crippen LogP contribution in [0, 0.1) is 0 Å². The van der Waals surface area contributed by atoms with Gasteiger partial charge in [-0.3, -0.25) is 4.79 Å². The van der Waals surface area contributed by atoms with Gasteiger partial charge in [-0.1, -0.05) is 36.4 Å². The van der Waals surface area contributed by atoms with E-state index in [9.17, 15) is 4.79 Å². The molecule has 1 aliphatic heterocycles. The molecule has 1 heterocycles. The highest BCUT2D eigenvalue weighted by Gasteiger charge is 2.14. The second-order valence-electron chi connectivity index (χ2n) is 5.71. The molecule has 0 spiro atoms. The summed E-state index contributed by atoms with van der Waals surface area (Å²) in [6, 6.07) is 15.9. The third kappa shape index (κ3) is 4.03. The molecule has 1 aliphatic rings. The maximum atomic E-state index is 12.3. The van der Waals surface area contributed by atoms with Gasteiger partial charge in [-0.2, -0.15) is 0 Å². The monoisotopic (exact) mass is 311 g/mol. The minimum atomic E-state index is 0.142. The SMILES string of the molecule is CN(Cc1ccc2c(c1)OCCO2)C(=O)CCc1ccccc1. The number of ether oxygens (including phenoxy) is 2. The summed E-state index contributed by atoms with van der Waals surface area (Å²) in [4.78, 5) is 14.0. The standard InChI is InChI=1S/C19H21NO3/c1-20(19(21)10-8-15-5-3-2-4-6-15)14-16-7-9-17-18(13-16)23-12-11-22-17/h2-7,9,13H,8,10-12,14H2,1H3. The van der Waals surface area contributed by atoms with Gasteiger partial charge in [-0.05, 0) is 29.7 Å². The predicted octanol–water partition coefficient (Wildman–Crippen LogP) is 3.05. The van der Waals surface area contributed by atoms with E-state index in [1.165, 1.54) is 5.56 Å². The third-order valence-corrected chi connectivity index (χ3v) is 3.92. The number of nitrogens with zero attached hydrogens (tertiary/aromatic N) is 1. The van der Waals surface area contributed by atoms with E-state index in [0.717, 1.165) is 23.5 Å². The lowest BCUT2D eigenvalue weighted by atomic mass is 10.1. The van der Waals surface area contributed by atoms with Crippen LogP contribution < -0.4 is 9.47 Å². The first-order chi connectivity index (χ1) is 11.2. The van der Waals surface area contributed by atoms with Crippen LogP contribution in [0.1, 0.15) is 17.5 Å². The summed E-state index contributed by atoms with van der Waals surface area (Å²) in [7, 11) is 1.84. The Balaban J connectivity index is 1.55. The van der Waals surface area contributed by atoms with Gasteiger partial charge in [0.25, 0.3) is 0 Å². The molecule has 4 heteroatoms. The molecular weight excluding hydrogens is 290 g/mol. The molecular formula is C19H21NO3. The number of aryl methyl sites for hydroxylation is 1. The maximum Gasteiger partial charge on any atom is 0.222 e. The maximum absolute atomic E-state index is 12.3. The number of benzene rings is 2. The predicted molar refractivity (Wildman–Crippen MR) is 88.7 cm³/mol. The van der Waals surface area contributed by atoms with Crippen LogP contribution in [0.2, 0.25) is 0 Å². The minimum absolute atomic E-state index is 0.142.